The zero-order valence-corrected chi connectivity index (χ0v) is 16.1. The summed E-state index contributed by atoms with van der Waals surface area (Å²) in [4.78, 5) is 28.7. The van der Waals surface area contributed by atoms with Crippen LogP contribution in [-0.2, 0) is 14.3 Å². The molecule has 0 spiro atoms. The first-order valence-corrected chi connectivity index (χ1v) is 9.56. The Morgan fingerprint density at radius 1 is 1.38 bits per heavy atom. The van der Waals surface area contributed by atoms with Crippen LogP contribution in [-0.4, -0.2) is 65.9 Å². The van der Waals surface area contributed by atoms with Crippen molar-refractivity contribution in [3.05, 3.63) is 34.7 Å². The molecule has 0 radical (unpaired) electrons. The Kier molecular flexibility index (Phi) is 6.29. The second-order valence-electron chi connectivity index (χ2n) is 5.85. The number of thioether (sulfide) groups is 1. The van der Waals surface area contributed by atoms with E-state index in [0.717, 1.165) is 11.3 Å². The standard InChI is InChI=1S/C18H20N2O4S2/c1-23-14-4-2-3-13(11-14)12-15-17(22)20(18(25)26-15)6-5-16(21)19-7-9-24-10-8-19/h2-4,11-12H,5-10H2,1H3. The summed E-state index contributed by atoms with van der Waals surface area (Å²) in [6.45, 7) is 2.64. The van der Waals surface area contributed by atoms with Crippen LogP contribution >= 0.6 is 24.0 Å². The fraction of sp³-hybridized carbons (Fsp3) is 0.389. The highest BCUT2D eigenvalue weighted by atomic mass is 32.2. The maximum Gasteiger partial charge on any atom is 0.266 e. The van der Waals surface area contributed by atoms with Crippen LogP contribution in [0, 0.1) is 0 Å². The number of hydrogen-bond acceptors (Lipinski definition) is 6. The van der Waals surface area contributed by atoms with Crippen molar-refractivity contribution in [1.82, 2.24) is 9.80 Å². The van der Waals surface area contributed by atoms with E-state index in [2.05, 4.69) is 0 Å². The minimum atomic E-state index is -0.155. The van der Waals surface area contributed by atoms with E-state index in [1.807, 2.05) is 24.3 Å². The molecule has 6 nitrogen and oxygen atoms in total. The summed E-state index contributed by atoms with van der Waals surface area (Å²) in [5.41, 5.74) is 0.870. The number of thiocarbonyl (C=S) groups is 1. The fourth-order valence-corrected chi connectivity index (χ4v) is 4.06. The molecule has 26 heavy (non-hydrogen) atoms. The van der Waals surface area contributed by atoms with Gasteiger partial charge in [-0.1, -0.05) is 36.1 Å². The molecule has 138 valence electrons. The summed E-state index contributed by atoms with van der Waals surface area (Å²) in [5, 5.41) is 0. The van der Waals surface area contributed by atoms with Gasteiger partial charge in [-0.05, 0) is 23.8 Å². The van der Waals surface area contributed by atoms with E-state index >= 15 is 0 Å². The number of ether oxygens (including phenoxy) is 2. The molecule has 3 rings (SSSR count). The lowest BCUT2D eigenvalue weighted by Gasteiger charge is -2.27. The van der Waals surface area contributed by atoms with Gasteiger partial charge in [-0.2, -0.15) is 0 Å². The smallest absolute Gasteiger partial charge is 0.266 e. The molecule has 1 aromatic carbocycles. The first-order valence-electron chi connectivity index (χ1n) is 8.33. The molecule has 2 amide bonds. The summed E-state index contributed by atoms with van der Waals surface area (Å²) in [6.07, 6.45) is 2.06. The molecule has 1 aromatic rings. The van der Waals surface area contributed by atoms with Crippen LogP contribution in [0.15, 0.2) is 29.2 Å². The van der Waals surface area contributed by atoms with Crippen molar-refractivity contribution in [2.24, 2.45) is 0 Å². The molecule has 0 aliphatic carbocycles. The van der Waals surface area contributed by atoms with Crippen molar-refractivity contribution in [3.63, 3.8) is 0 Å². The zero-order chi connectivity index (χ0) is 18.5. The van der Waals surface area contributed by atoms with Gasteiger partial charge in [0, 0.05) is 26.1 Å². The van der Waals surface area contributed by atoms with Crippen molar-refractivity contribution in [2.75, 3.05) is 40.0 Å². The van der Waals surface area contributed by atoms with Gasteiger partial charge in [0.25, 0.3) is 5.91 Å². The minimum absolute atomic E-state index is 0.0270. The second kappa shape index (κ2) is 8.66. The quantitative estimate of drug-likeness (QED) is 0.565. The van der Waals surface area contributed by atoms with Gasteiger partial charge < -0.3 is 14.4 Å². The van der Waals surface area contributed by atoms with Gasteiger partial charge in [0.05, 0.1) is 25.2 Å². The summed E-state index contributed by atoms with van der Waals surface area (Å²) in [5.74, 6) is 0.599. The lowest BCUT2D eigenvalue weighted by molar-refractivity contribution is -0.135. The van der Waals surface area contributed by atoms with E-state index in [1.165, 1.54) is 16.7 Å². The second-order valence-corrected chi connectivity index (χ2v) is 7.53. The SMILES string of the molecule is COc1cccc(C=C2SC(=S)N(CCC(=O)N3CCOCC3)C2=O)c1. The molecule has 0 aromatic heterocycles. The van der Waals surface area contributed by atoms with Crippen LogP contribution in [0.25, 0.3) is 6.08 Å². The van der Waals surface area contributed by atoms with Crippen LogP contribution in [0.2, 0.25) is 0 Å². The number of rotatable bonds is 5. The predicted molar refractivity (Wildman–Crippen MR) is 105 cm³/mol. The third-order valence-electron chi connectivity index (χ3n) is 4.18. The number of carbonyl (C=O) groups excluding carboxylic acids is 2. The first kappa shape index (κ1) is 18.9. The largest absolute Gasteiger partial charge is 0.497 e. The summed E-state index contributed by atoms with van der Waals surface area (Å²) in [7, 11) is 1.60. The van der Waals surface area contributed by atoms with Crippen LogP contribution in [0.1, 0.15) is 12.0 Å². The van der Waals surface area contributed by atoms with Gasteiger partial charge in [-0.25, -0.2) is 0 Å². The lowest BCUT2D eigenvalue weighted by Crippen LogP contribution is -2.42. The van der Waals surface area contributed by atoms with E-state index in [4.69, 9.17) is 21.7 Å². The van der Waals surface area contributed by atoms with Gasteiger partial charge in [-0.3, -0.25) is 14.5 Å². The molecule has 2 fully saturated rings. The Bertz CT molecular complexity index is 744. The van der Waals surface area contributed by atoms with E-state index in [9.17, 15) is 9.59 Å². The van der Waals surface area contributed by atoms with Crippen molar-refractivity contribution < 1.29 is 19.1 Å². The number of nitrogens with zero attached hydrogens (tertiary/aromatic N) is 2. The molecular weight excluding hydrogens is 372 g/mol. The highest BCUT2D eigenvalue weighted by Crippen LogP contribution is 2.33. The number of carbonyl (C=O) groups is 2. The van der Waals surface area contributed by atoms with Gasteiger partial charge in [0.2, 0.25) is 5.91 Å². The normalized spacial score (nSPS) is 19.3. The van der Waals surface area contributed by atoms with E-state index in [1.54, 1.807) is 18.1 Å². The van der Waals surface area contributed by atoms with Gasteiger partial charge in [0.15, 0.2) is 0 Å². The molecule has 0 saturated carbocycles. The zero-order valence-electron chi connectivity index (χ0n) is 14.5. The molecule has 8 heteroatoms. The minimum Gasteiger partial charge on any atom is -0.497 e. The van der Waals surface area contributed by atoms with Crippen molar-refractivity contribution in [2.45, 2.75) is 6.42 Å². The Labute approximate surface area is 162 Å². The highest BCUT2D eigenvalue weighted by molar-refractivity contribution is 8.26. The molecular formula is C18H20N2O4S2. The maximum atomic E-state index is 12.6. The Balaban J connectivity index is 1.63. The summed E-state index contributed by atoms with van der Waals surface area (Å²) in [6, 6.07) is 7.47. The Morgan fingerprint density at radius 3 is 2.88 bits per heavy atom. The number of hydrogen-bond donors (Lipinski definition) is 0. The monoisotopic (exact) mass is 392 g/mol. The Hall–Kier alpha value is -1.90. The van der Waals surface area contributed by atoms with Crippen LogP contribution in [0.3, 0.4) is 0 Å². The molecule has 2 saturated heterocycles. The van der Waals surface area contributed by atoms with Gasteiger partial charge in [0.1, 0.15) is 10.1 Å². The topological polar surface area (TPSA) is 59.1 Å². The van der Waals surface area contributed by atoms with Gasteiger partial charge >= 0.3 is 0 Å². The maximum absolute atomic E-state index is 12.6. The first-order chi connectivity index (χ1) is 12.6. The highest BCUT2D eigenvalue weighted by Gasteiger charge is 2.32. The lowest BCUT2D eigenvalue weighted by atomic mass is 10.2. The molecule has 0 unspecified atom stereocenters. The average molecular weight is 393 g/mol. The number of morpholine rings is 1. The molecule has 0 atom stereocenters. The van der Waals surface area contributed by atoms with Crippen molar-refractivity contribution >= 4 is 46.2 Å². The number of amides is 2. The van der Waals surface area contributed by atoms with E-state index in [0.29, 0.717) is 42.1 Å². The molecule has 2 heterocycles. The molecule has 0 bridgehead atoms. The van der Waals surface area contributed by atoms with Crippen LogP contribution in [0.5, 0.6) is 5.75 Å². The van der Waals surface area contributed by atoms with E-state index in [-0.39, 0.29) is 18.2 Å². The third-order valence-corrected chi connectivity index (χ3v) is 5.56. The molecule has 2 aliphatic heterocycles. The van der Waals surface area contributed by atoms with Gasteiger partial charge in [-0.15, -0.1) is 0 Å². The van der Waals surface area contributed by atoms with Crippen LogP contribution in [0.4, 0.5) is 0 Å². The van der Waals surface area contributed by atoms with Crippen molar-refractivity contribution in [1.29, 1.82) is 0 Å². The molecule has 0 N–H and O–H groups in total. The fourth-order valence-electron chi connectivity index (χ4n) is 2.75. The number of benzene rings is 1. The predicted octanol–water partition coefficient (Wildman–Crippen LogP) is 2.15. The third kappa shape index (κ3) is 4.44. The Morgan fingerprint density at radius 2 is 2.15 bits per heavy atom. The summed E-state index contributed by atoms with van der Waals surface area (Å²) < 4.78 is 10.9. The van der Waals surface area contributed by atoms with Crippen LogP contribution < -0.4 is 4.74 Å². The number of methoxy groups -OCH3 is 1. The van der Waals surface area contributed by atoms with Crippen molar-refractivity contribution in [3.8, 4) is 5.75 Å². The average Bonchev–Trinajstić information content (AvgIpc) is 2.93. The molecule has 2 aliphatic rings. The summed E-state index contributed by atoms with van der Waals surface area (Å²) >= 11 is 6.59. The van der Waals surface area contributed by atoms with E-state index < -0.39 is 0 Å².